The van der Waals surface area contributed by atoms with Crippen LogP contribution < -0.4 is 5.32 Å². The summed E-state index contributed by atoms with van der Waals surface area (Å²) in [5.41, 5.74) is 1.03. The highest BCUT2D eigenvalue weighted by molar-refractivity contribution is 6.31. The van der Waals surface area contributed by atoms with Crippen molar-refractivity contribution in [2.24, 2.45) is 11.3 Å². The van der Waals surface area contributed by atoms with E-state index in [0.717, 1.165) is 37.9 Å². The first-order valence-corrected chi connectivity index (χ1v) is 7.79. The van der Waals surface area contributed by atoms with Gasteiger partial charge in [-0.3, -0.25) is 4.79 Å². The highest BCUT2D eigenvalue weighted by Crippen LogP contribution is 2.59. The van der Waals surface area contributed by atoms with Crippen LogP contribution >= 0.6 is 24.0 Å². The second kappa shape index (κ2) is 6.73. The van der Waals surface area contributed by atoms with Crippen LogP contribution in [0.15, 0.2) is 18.2 Å². The number of hydrogen-bond acceptors (Lipinski definition) is 2. The van der Waals surface area contributed by atoms with E-state index in [9.17, 15) is 9.18 Å². The summed E-state index contributed by atoms with van der Waals surface area (Å²) in [7, 11) is 1.80. The van der Waals surface area contributed by atoms with E-state index in [1.54, 1.807) is 18.0 Å². The van der Waals surface area contributed by atoms with Crippen LogP contribution in [0.5, 0.6) is 0 Å². The Balaban J connectivity index is 0.00000176. The number of carbonyl (C=O) groups excluding carboxylic acids is 1. The summed E-state index contributed by atoms with van der Waals surface area (Å²) >= 11 is 6.03. The van der Waals surface area contributed by atoms with Gasteiger partial charge in [-0.15, -0.1) is 12.4 Å². The monoisotopic (exact) mass is 346 g/mol. The topological polar surface area (TPSA) is 32.3 Å². The van der Waals surface area contributed by atoms with Gasteiger partial charge in [0, 0.05) is 24.5 Å². The standard InChI is InChI=1S/C16H20ClFN2O.ClH/c1-20(10-11-2-3-12(18)8-14(11)17)15(21)13-9-16(13)4-6-19-7-5-16;/h2-3,8,13,19H,4-7,9-10H2,1H3;1H. The molecule has 1 heterocycles. The van der Waals surface area contributed by atoms with Crippen LogP contribution in [-0.2, 0) is 11.3 Å². The van der Waals surface area contributed by atoms with E-state index in [1.165, 1.54) is 12.1 Å². The highest BCUT2D eigenvalue weighted by atomic mass is 35.5. The number of carbonyl (C=O) groups is 1. The second-order valence-corrected chi connectivity index (χ2v) is 6.71. The van der Waals surface area contributed by atoms with Crippen LogP contribution in [0.2, 0.25) is 5.02 Å². The summed E-state index contributed by atoms with van der Waals surface area (Å²) in [5, 5.41) is 3.72. The molecule has 2 aliphatic rings. The lowest BCUT2D eigenvalue weighted by Crippen LogP contribution is -2.34. The lowest BCUT2D eigenvalue weighted by molar-refractivity contribution is -0.132. The molecule has 1 aliphatic carbocycles. The molecular weight excluding hydrogens is 326 g/mol. The van der Waals surface area contributed by atoms with Gasteiger partial charge in [0.05, 0.1) is 0 Å². The molecule has 0 radical (unpaired) electrons. The van der Waals surface area contributed by atoms with Crippen molar-refractivity contribution in [3.05, 3.63) is 34.6 Å². The number of piperidine rings is 1. The first kappa shape index (κ1) is 17.5. The quantitative estimate of drug-likeness (QED) is 0.910. The van der Waals surface area contributed by atoms with Crippen molar-refractivity contribution in [3.8, 4) is 0 Å². The van der Waals surface area contributed by atoms with Gasteiger partial charge >= 0.3 is 0 Å². The summed E-state index contributed by atoms with van der Waals surface area (Å²) in [6.07, 6.45) is 3.19. The first-order chi connectivity index (χ1) is 10.0. The Kier molecular flexibility index (Phi) is 5.36. The predicted octanol–water partition coefficient (Wildman–Crippen LogP) is 3.25. The van der Waals surface area contributed by atoms with Crippen molar-refractivity contribution < 1.29 is 9.18 Å². The molecule has 3 rings (SSSR count). The van der Waals surface area contributed by atoms with E-state index in [1.807, 2.05) is 0 Å². The summed E-state index contributed by atoms with van der Waals surface area (Å²) in [6, 6.07) is 4.32. The van der Waals surface area contributed by atoms with E-state index in [-0.39, 0.29) is 35.5 Å². The molecule has 1 aliphatic heterocycles. The van der Waals surface area contributed by atoms with Crippen molar-refractivity contribution >= 4 is 29.9 Å². The van der Waals surface area contributed by atoms with Crippen LogP contribution in [-0.4, -0.2) is 30.9 Å². The normalized spacial score (nSPS) is 22.0. The number of benzene rings is 1. The Bertz CT molecular complexity index is 561. The Labute approximate surface area is 141 Å². The van der Waals surface area contributed by atoms with Crippen LogP contribution in [0.25, 0.3) is 0 Å². The third-order valence-electron chi connectivity index (χ3n) is 4.89. The smallest absolute Gasteiger partial charge is 0.226 e. The number of nitrogens with one attached hydrogen (secondary N) is 1. The molecule has 1 N–H and O–H groups in total. The molecule has 0 aromatic heterocycles. The van der Waals surface area contributed by atoms with Gasteiger partial charge in [0.25, 0.3) is 0 Å². The summed E-state index contributed by atoms with van der Waals surface area (Å²) < 4.78 is 13.0. The van der Waals surface area contributed by atoms with E-state index in [4.69, 9.17) is 11.6 Å². The number of rotatable bonds is 3. The lowest BCUT2D eigenvalue weighted by Gasteiger charge is -2.25. The Hall–Kier alpha value is -0.840. The van der Waals surface area contributed by atoms with E-state index in [2.05, 4.69) is 5.32 Å². The summed E-state index contributed by atoms with van der Waals surface area (Å²) in [4.78, 5) is 14.3. The number of nitrogens with zero attached hydrogens (tertiary/aromatic N) is 1. The third kappa shape index (κ3) is 3.39. The zero-order valence-electron chi connectivity index (χ0n) is 12.6. The van der Waals surface area contributed by atoms with Crippen LogP contribution in [0.4, 0.5) is 4.39 Å². The first-order valence-electron chi connectivity index (χ1n) is 7.41. The number of amides is 1. The zero-order chi connectivity index (χ0) is 15.0. The molecule has 1 saturated heterocycles. The Morgan fingerprint density at radius 3 is 2.77 bits per heavy atom. The maximum absolute atomic E-state index is 13.0. The molecule has 1 aromatic carbocycles. The maximum atomic E-state index is 13.0. The van der Waals surface area contributed by atoms with Gasteiger partial charge in [0.2, 0.25) is 5.91 Å². The SMILES string of the molecule is CN(Cc1ccc(F)cc1Cl)C(=O)C1CC12CCNCC2.Cl. The molecule has 2 fully saturated rings. The predicted molar refractivity (Wildman–Crippen MR) is 87.8 cm³/mol. The van der Waals surface area contributed by atoms with E-state index in [0.29, 0.717) is 11.6 Å². The molecule has 3 nitrogen and oxygen atoms in total. The molecule has 0 bridgehead atoms. The largest absolute Gasteiger partial charge is 0.341 e. The maximum Gasteiger partial charge on any atom is 0.226 e. The molecule has 6 heteroatoms. The number of hydrogen-bond donors (Lipinski definition) is 1. The molecular formula is C16H21Cl2FN2O. The molecule has 1 aromatic rings. The summed E-state index contributed by atoms with van der Waals surface area (Å²) in [5.74, 6) is -0.00491. The molecule has 1 amide bonds. The highest BCUT2D eigenvalue weighted by Gasteiger charge is 2.58. The number of halogens is 3. The van der Waals surface area contributed by atoms with Crippen molar-refractivity contribution in [2.45, 2.75) is 25.8 Å². The lowest BCUT2D eigenvalue weighted by atomic mass is 9.91. The average Bonchev–Trinajstić information content (AvgIpc) is 3.15. The molecule has 22 heavy (non-hydrogen) atoms. The van der Waals surface area contributed by atoms with Gasteiger partial charge in [0.15, 0.2) is 0 Å². The second-order valence-electron chi connectivity index (χ2n) is 6.30. The fourth-order valence-electron chi connectivity index (χ4n) is 3.42. The van der Waals surface area contributed by atoms with Gasteiger partial charge < -0.3 is 10.2 Å². The van der Waals surface area contributed by atoms with Gasteiger partial charge in [-0.2, -0.15) is 0 Å². The van der Waals surface area contributed by atoms with Crippen molar-refractivity contribution in [3.63, 3.8) is 0 Å². The van der Waals surface area contributed by atoms with Gasteiger partial charge in [-0.1, -0.05) is 17.7 Å². The minimum Gasteiger partial charge on any atom is -0.341 e. The molecule has 1 atom stereocenters. The molecule has 1 unspecified atom stereocenters. The minimum atomic E-state index is -0.353. The van der Waals surface area contributed by atoms with Gasteiger partial charge in [-0.05, 0) is 55.5 Å². The van der Waals surface area contributed by atoms with Crippen molar-refractivity contribution in [1.29, 1.82) is 0 Å². The molecule has 1 saturated carbocycles. The average molecular weight is 347 g/mol. The zero-order valence-corrected chi connectivity index (χ0v) is 14.1. The minimum absolute atomic E-state index is 0. The van der Waals surface area contributed by atoms with Crippen LogP contribution in [0.1, 0.15) is 24.8 Å². The Morgan fingerprint density at radius 2 is 2.14 bits per heavy atom. The van der Waals surface area contributed by atoms with E-state index < -0.39 is 0 Å². The Morgan fingerprint density at radius 1 is 1.45 bits per heavy atom. The third-order valence-corrected chi connectivity index (χ3v) is 5.24. The van der Waals surface area contributed by atoms with Crippen LogP contribution in [0.3, 0.4) is 0 Å². The van der Waals surface area contributed by atoms with Crippen LogP contribution in [0, 0.1) is 17.2 Å². The van der Waals surface area contributed by atoms with Crippen molar-refractivity contribution in [1.82, 2.24) is 10.2 Å². The molecule has 122 valence electrons. The fraction of sp³-hybridized carbons (Fsp3) is 0.562. The molecule has 1 spiro atoms. The van der Waals surface area contributed by atoms with Gasteiger partial charge in [-0.25, -0.2) is 4.39 Å². The van der Waals surface area contributed by atoms with Gasteiger partial charge in [0.1, 0.15) is 5.82 Å². The fourth-order valence-corrected chi connectivity index (χ4v) is 3.65. The van der Waals surface area contributed by atoms with Crippen molar-refractivity contribution in [2.75, 3.05) is 20.1 Å². The summed E-state index contributed by atoms with van der Waals surface area (Å²) in [6.45, 7) is 2.46. The van der Waals surface area contributed by atoms with E-state index >= 15 is 0 Å².